The van der Waals surface area contributed by atoms with Crippen molar-refractivity contribution in [1.29, 1.82) is 0 Å². The molecule has 1 aromatic carbocycles. The zero-order valence-electron chi connectivity index (χ0n) is 17.0. The maximum absolute atomic E-state index is 12.7. The maximum atomic E-state index is 12.7. The van der Waals surface area contributed by atoms with Gasteiger partial charge in [0.1, 0.15) is 0 Å². The third-order valence-corrected chi connectivity index (χ3v) is 6.16. The lowest BCUT2D eigenvalue weighted by Gasteiger charge is -2.47. The molecule has 0 N–H and O–H groups in total. The molecule has 0 aromatic heterocycles. The molecule has 0 aliphatic carbocycles. The lowest BCUT2D eigenvalue weighted by atomic mass is 9.72. The van der Waals surface area contributed by atoms with Crippen LogP contribution in [0, 0.1) is 11.3 Å². The van der Waals surface area contributed by atoms with Gasteiger partial charge < -0.3 is 14.7 Å². The van der Waals surface area contributed by atoms with E-state index in [1.54, 1.807) is 0 Å². The first kappa shape index (κ1) is 19.9. The summed E-state index contributed by atoms with van der Waals surface area (Å²) in [4.78, 5) is 31.3. The number of amides is 2. The van der Waals surface area contributed by atoms with Crippen molar-refractivity contribution in [3.8, 4) is 0 Å². The van der Waals surface area contributed by atoms with E-state index >= 15 is 0 Å². The lowest BCUT2D eigenvalue weighted by Crippen LogP contribution is -2.53. The molecule has 2 aliphatic rings. The molecule has 2 fully saturated rings. The van der Waals surface area contributed by atoms with Crippen molar-refractivity contribution in [3.05, 3.63) is 35.9 Å². The van der Waals surface area contributed by atoms with Crippen LogP contribution in [0.15, 0.2) is 30.3 Å². The molecule has 1 atom stereocenters. The van der Waals surface area contributed by atoms with E-state index in [4.69, 9.17) is 0 Å². The van der Waals surface area contributed by atoms with Gasteiger partial charge in [-0.15, -0.1) is 0 Å². The molecular formula is C22H33N3O2. The molecule has 148 valence electrons. The monoisotopic (exact) mass is 371 g/mol. The molecule has 1 unspecified atom stereocenters. The molecular weight excluding hydrogens is 338 g/mol. The van der Waals surface area contributed by atoms with Gasteiger partial charge in [0.25, 0.3) is 0 Å². The van der Waals surface area contributed by atoms with Crippen molar-refractivity contribution in [3.63, 3.8) is 0 Å². The van der Waals surface area contributed by atoms with Crippen LogP contribution >= 0.6 is 0 Å². The van der Waals surface area contributed by atoms with Crippen LogP contribution in [0.4, 0.5) is 0 Å². The van der Waals surface area contributed by atoms with Gasteiger partial charge in [-0.2, -0.15) is 0 Å². The predicted octanol–water partition coefficient (Wildman–Crippen LogP) is 2.62. The number of carbonyl (C=O) groups is 2. The Bertz CT molecular complexity index is 651. The normalized spacial score (nSPS) is 21.0. The molecule has 0 bridgehead atoms. The number of piperidine rings is 2. The SMILES string of the molecule is CC(CN(C)C)C(=O)N1CCC2(CCC(=O)N(Cc3ccccc3)C2)CC1. The summed E-state index contributed by atoms with van der Waals surface area (Å²) in [6.07, 6.45) is 3.61. The minimum absolute atomic E-state index is 0.0385. The van der Waals surface area contributed by atoms with Gasteiger partial charge >= 0.3 is 0 Å². The van der Waals surface area contributed by atoms with Crippen LogP contribution in [0.2, 0.25) is 0 Å². The van der Waals surface area contributed by atoms with Gasteiger partial charge in [0.2, 0.25) is 11.8 Å². The first-order valence-electron chi connectivity index (χ1n) is 10.1. The molecule has 2 aliphatic heterocycles. The number of likely N-dealkylation sites (tertiary alicyclic amines) is 2. The number of benzene rings is 1. The van der Waals surface area contributed by atoms with Crippen LogP contribution in [0.3, 0.4) is 0 Å². The highest BCUT2D eigenvalue weighted by molar-refractivity contribution is 5.79. The summed E-state index contributed by atoms with van der Waals surface area (Å²) in [6.45, 7) is 5.99. The summed E-state index contributed by atoms with van der Waals surface area (Å²) >= 11 is 0. The van der Waals surface area contributed by atoms with Crippen molar-refractivity contribution >= 4 is 11.8 Å². The van der Waals surface area contributed by atoms with E-state index in [0.29, 0.717) is 13.0 Å². The summed E-state index contributed by atoms with van der Waals surface area (Å²) < 4.78 is 0. The second kappa shape index (κ2) is 8.42. The summed E-state index contributed by atoms with van der Waals surface area (Å²) in [5.74, 6) is 0.575. The van der Waals surface area contributed by atoms with E-state index < -0.39 is 0 Å². The van der Waals surface area contributed by atoms with E-state index in [1.165, 1.54) is 5.56 Å². The van der Waals surface area contributed by atoms with Crippen LogP contribution in [-0.4, -0.2) is 66.8 Å². The van der Waals surface area contributed by atoms with Crippen molar-refractivity contribution in [2.24, 2.45) is 11.3 Å². The Kier molecular flexibility index (Phi) is 6.20. The van der Waals surface area contributed by atoms with Crippen LogP contribution < -0.4 is 0 Å². The van der Waals surface area contributed by atoms with Gasteiger partial charge in [0.05, 0.1) is 0 Å². The van der Waals surface area contributed by atoms with Gasteiger partial charge in [-0.3, -0.25) is 9.59 Å². The highest BCUT2D eigenvalue weighted by Gasteiger charge is 2.42. The molecule has 5 heteroatoms. The van der Waals surface area contributed by atoms with Crippen LogP contribution in [-0.2, 0) is 16.1 Å². The van der Waals surface area contributed by atoms with Gasteiger partial charge in [-0.1, -0.05) is 37.3 Å². The molecule has 1 spiro atoms. The Morgan fingerprint density at radius 3 is 2.44 bits per heavy atom. The highest BCUT2D eigenvalue weighted by atomic mass is 16.2. The van der Waals surface area contributed by atoms with E-state index in [2.05, 4.69) is 17.0 Å². The predicted molar refractivity (Wildman–Crippen MR) is 107 cm³/mol. The first-order chi connectivity index (χ1) is 12.9. The van der Waals surface area contributed by atoms with Crippen molar-refractivity contribution in [2.75, 3.05) is 40.3 Å². The average molecular weight is 372 g/mol. The summed E-state index contributed by atoms with van der Waals surface area (Å²) in [5, 5.41) is 0. The minimum Gasteiger partial charge on any atom is -0.342 e. The number of nitrogens with zero attached hydrogens (tertiary/aromatic N) is 3. The minimum atomic E-state index is 0.0385. The topological polar surface area (TPSA) is 43.9 Å². The summed E-state index contributed by atoms with van der Waals surface area (Å²) in [5.41, 5.74) is 1.37. The number of rotatable bonds is 5. The molecule has 27 heavy (non-hydrogen) atoms. The molecule has 2 heterocycles. The molecule has 0 radical (unpaired) electrons. The molecule has 2 amide bonds. The Balaban J connectivity index is 1.58. The van der Waals surface area contributed by atoms with Gasteiger partial charge in [0, 0.05) is 45.1 Å². The summed E-state index contributed by atoms with van der Waals surface area (Å²) in [6, 6.07) is 10.2. The Labute approximate surface area is 163 Å². The third kappa shape index (κ3) is 4.89. The zero-order valence-corrected chi connectivity index (χ0v) is 17.0. The largest absolute Gasteiger partial charge is 0.342 e. The van der Waals surface area contributed by atoms with Gasteiger partial charge in [-0.25, -0.2) is 0 Å². The van der Waals surface area contributed by atoms with Gasteiger partial charge in [0.15, 0.2) is 0 Å². The van der Waals surface area contributed by atoms with Crippen LogP contribution in [0.25, 0.3) is 0 Å². The summed E-state index contributed by atoms with van der Waals surface area (Å²) in [7, 11) is 4.02. The Hall–Kier alpha value is -1.88. The number of carbonyl (C=O) groups excluding carboxylic acids is 2. The Morgan fingerprint density at radius 1 is 1.15 bits per heavy atom. The molecule has 2 saturated heterocycles. The fourth-order valence-corrected chi connectivity index (χ4v) is 4.60. The smallest absolute Gasteiger partial charge is 0.226 e. The molecule has 0 saturated carbocycles. The van der Waals surface area contributed by atoms with E-state index in [9.17, 15) is 9.59 Å². The molecule has 5 nitrogen and oxygen atoms in total. The van der Waals surface area contributed by atoms with E-state index in [-0.39, 0.29) is 23.1 Å². The lowest BCUT2D eigenvalue weighted by molar-refractivity contribution is -0.144. The van der Waals surface area contributed by atoms with E-state index in [1.807, 2.05) is 49.0 Å². The molecule has 1 aromatic rings. The maximum Gasteiger partial charge on any atom is 0.226 e. The zero-order chi connectivity index (χ0) is 19.4. The molecule has 3 rings (SSSR count). The standard InChI is InChI=1S/C22H33N3O2/c1-18(15-23(2)3)21(27)24-13-11-22(12-14-24)10-9-20(26)25(17-22)16-19-7-5-4-6-8-19/h4-8,18H,9-17H2,1-3H3. The van der Waals surface area contributed by atoms with Crippen molar-refractivity contribution in [2.45, 2.75) is 39.2 Å². The fourth-order valence-electron chi connectivity index (χ4n) is 4.60. The van der Waals surface area contributed by atoms with Crippen molar-refractivity contribution in [1.82, 2.24) is 14.7 Å². The fraction of sp³-hybridized carbons (Fsp3) is 0.636. The van der Waals surface area contributed by atoms with Crippen LogP contribution in [0.5, 0.6) is 0 Å². The average Bonchev–Trinajstić information content (AvgIpc) is 2.65. The van der Waals surface area contributed by atoms with Crippen LogP contribution in [0.1, 0.15) is 38.2 Å². The Morgan fingerprint density at radius 2 is 1.81 bits per heavy atom. The number of hydrogen-bond acceptors (Lipinski definition) is 3. The third-order valence-electron chi connectivity index (χ3n) is 6.16. The first-order valence-corrected chi connectivity index (χ1v) is 10.1. The number of hydrogen-bond donors (Lipinski definition) is 0. The van der Waals surface area contributed by atoms with Crippen molar-refractivity contribution < 1.29 is 9.59 Å². The van der Waals surface area contributed by atoms with E-state index in [0.717, 1.165) is 45.4 Å². The highest BCUT2D eigenvalue weighted by Crippen LogP contribution is 2.40. The second-order valence-corrected chi connectivity index (χ2v) is 8.72. The quantitative estimate of drug-likeness (QED) is 0.799. The van der Waals surface area contributed by atoms with Gasteiger partial charge in [-0.05, 0) is 44.3 Å². The second-order valence-electron chi connectivity index (χ2n) is 8.72.